The normalized spacial score (nSPS) is 14.0. The number of imidazole rings is 1. The van der Waals surface area contributed by atoms with Gasteiger partial charge >= 0.3 is 0 Å². The lowest BCUT2D eigenvalue weighted by molar-refractivity contribution is -0.184. The van der Waals surface area contributed by atoms with E-state index in [1.807, 2.05) is 36.4 Å². The average Bonchev–Trinajstić information content (AvgIpc) is 3.73. The third-order valence-corrected chi connectivity index (χ3v) is 7.83. The molecule has 0 spiro atoms. The van der Waals surface area contributed by atoms with Gasteiger partial charge in [-0.05, 0) is 57.7 Å². The summed E-state index contributed by atoms with van der Waals surface area (Å²) in [5, 5.41) is 14.9. The number of hydrogen-bond donors (Lipinski definition) is 1. The molecule has 9 nitrogen and oxygen atoms in total. The lowest BCUT2D eigenvalue weighted by atomic mass is 9.97. The van der Waals surface area contributed by atoms with Gasteiger partial charge in [-0.25, -0.2) is 15.1 Å². The van der Waals surface area contributed by atoms with E-state index < -0.39 is 6.29 Å². The van der Waals surface area contributed by atoms with Crippen LogP contribution in [0.15, 0.2) is 84.9 Å². The van der Waals surface area contributed by atoms with Gasteiger partial charge in [-0.15, -0.1) is 5.10 Å². The van der Waals surface area contributed by atoms with E-state index in [0.717, 1.165) is 81.7 Å². The van der Waals surface area contributed by atoms with E-state index >= 15 is 0 Å². The molecule has 9 heteroatoms. The van der Waals surface area contributed by atoms with Crippen molar-refractivity contribution in [1.82, 2.24) is 35.2 Å². The number of H-pyrrole nitrogens is 1. The second-order valence-corrected chi connectivity index (χ2v) is 10.8. The van der Waals surface area contributed by atoms with Crippen molar-refractivity contribution in [2.45, 2.75) is 45.4 Å². The van der Waals surface area contributed by atoms with Crippen LogP contribution in [0.25, 0.3) is 44.8 Å². The van der Waals surface area contributed by atoms with E-state index in [1.165, 1.54) is 0 Å². The molecule has 3 aromatic carbocycles. The summed E-state index contributed by atoms with van der Waals surface area (Å²) in [5.74, 6) is 1.64. The lowest BCUT2D eigenvalue weighted by Gasteiger charge is -2.24. The van der Waals surface area contributed by atoms with Crippen LogP contribution in [0.3, 0.4) is 0 Å². The van der Waals surface area contributed by atoms with Gasteiger partial charge in [0.15, 0.2) is 11.5 Å². The van der Waals surface area contributed by atoms with Crippen molar-refractivity contribution < 1.29 is 9.47 Å². The predicted molar refractivity (Wildman–Crippen MR) is 165 cm³/mol. The fourth-order valence-electron chi connectivity index (χ4n) is 5.69. The third-order valence-electron chi connectivity index (χ3n) is 7.83. The van der Waals surface area contributed by atoms with Crippen molar-refractivity contribution in [3.63, 3.8) is 0 Å². The number of ether oxygens (including phenoxy) is 2. The molecule has 0 aliphatic carbocycles. The van der Waals surface area contributed by atoms with Crippen LogP contribution in [0.2, 0.25) is 0 Å². The van der Waals surface area contributed by atoms with E-state index in [9.17, 15) is 0 Å². The molecule has 0 radical (unpaired) electrons. The fourth-order valence-corrected chi connectivity index (χ4v) is 5.69. The quantitative estimate of drug-likeness (QED) is 0.204. The van der Waals surface area contributed by atoms with Crippen LogP contribution in [-0.2, 0) is 22.4 Å². The van der Waals surface area contributed by atoms with Gasteiger partial charge < -0.3 is 14.0 Å². The molecule has 1 N–H and O–H groups in total. The monoisotopic (exact) mass is 571 g/mol. The molecule has 216 valence electrons. The molecule has 1 saturated heterocycles. The van der Waals surface area contributed by atoms with Gasteiger partial charge in [0.25, 0.3) is 0 Å². The summed E-state index contributed by atoms with van der Waals surface area (Å²) in [6.45, 7) is 4.09. The number of aromatic amines is 1. The number of unbranched alkanes of at least 4 members (excludes halogenated alkanes) is 1. The highest BCUT2D eigenvalue weighted by Crippen LogP contribution is 2.35. The molecule has 3 aromatic heterocycles. The van der Waals surface area contributed by atoms with Crippen molar-refractivity contribution in [3.8, 4) is 33.6 Å². The number of nitrogens with one attached hydrogen (secondary N) is 1. The molecule has 43 heavy (non-hydrogen) atoms. The third kappa shape index (κ3) is 5.57. The smallest absolute Gasteiger partial charge is 0.201 e. The Balaban J connectivity index is 1.36. The van der Waals surface area contributed by atoms with Gasteiger partial charge in [0.1, 0.15) is 17.0 Å². The number of rotatable bonds is 9. The van der Waals surface area contributed by atoms with E-state index in [1.54, 1.807) is 0 Å². The van der Waals surface area contributed by atoms with Crippen LogP contribution in [0.1, 0.15) is 49.6 Å². The van der Waals surface area contributed by atoms with Crippen LogP contribution in [0.5, 0.6) is 0 Å². The van der Waals surface area contributed by atoms with E-state index in [2.05, 4.69) is 80.6 Å². The Morgan fingerprint density at radius 3 is 2.28 bits per heavy atom. The highest BCUT2D eigenvalue weighted by molar-refractivity contribution is 5.82. The number of hydrogen-bond acceptors (Lipinski definition) is 7. The molecule has 0 atom stereocenters. The molecule has 1 aliphatic rings. The first-order valence-corrected chi connectivity index (χ1v) is 14.9. The van der Waals surface area contributed by atoms with Gasteiger partial charge in [-0.3, -0.25) is 0 Å². The van der Waals surface area contributed by atoms with Crippen LogP contribution in [0, 0.1) is 0 Å². The second kappa shape index (κ2) is 12.2. The first-order valence-electron chi connectivity index (χ1n) is 14.9. The number of fused-ring (bicyclic) bond motifs is 1. The molecule has 1 fully saturated rings. The number of pyridine rings is 1. The Labute approximate surface area is 249 Å². The standard InChI is InChI=1S/C34H33N7O2/c1-2-3-15-30-35-29-21-27(25-13-8-5-9-14-25)31(34-42-18-10-19-43-34)36-33(29)41(30)22-23-16-17-26(24-11-6-4-7-12-24)28(20-23)32-37-39-40-38-32/h4-9,11-14,16-17,20-21,34H,2-3,10,15,18-19,22H2,1H3,(H,37,38,39,40). The highest BCUT2D eigenvalue weighted by Gasteiger charge is 2.25. The highest BCUT2D eigenvalue weighted by atomic mass is 16.7. The van der Waals surface area contributed by atoms with Crippen molar-refractivity contribution in [3.05, 3.63) is 102 Å². The Morgan fingerprint density at radius 1 is 0.837 bits per heavy atom. The first-order chi connectivity index (χ1) is 21.3. The number of aryl methyl sites for hydroxylation is 1. The van der Waals surface area contributed by atoms with E-state index in [-0.39, 0.29) is 0 Å². The maximum Gasteiger partial charge on any atom is 0.201 e. The predicted octanol–water partition coefficient (Wildman–Crippen LogP) is 6.77. The number of tetrazole rings is 1. The van der Waals surface area contributed by atoms with E-state index in [4.69, 9.17) is 19.4 Å². The van der Waals surface area contributed by atoms with Crippen LogP contribution < -0.4 is 0 Å². The first kappa shape index (κ1) is 27.1. The maximum atomic E-state index is 6.08. The lowest BCUT2D eigenvalue weighted by Crippen LogP contribution is -2.20. The molecule has 6 aromatic rings. The Bertz CT molecular complexity index is 1810. The molecule has 1 aliphatic heterocycles. The minimum absolute atomic E-state index is 0.522. The molecular weight excluding hydrogens is 538 g/mol. The largest absolute Gasteiger partial charge is 0.347 e. The van der Waals surface area contributed by atoms with Crippen molar-refractivity contribution in [2.24, 2.45) is 0 Å². The zero-order valence-corrected chi connectivity index (χ0v) is 24.1. The van der Waals surface area contributed by atoms with E-state index in [0.29, 0.717) is 25.6 Å². The summed E-state index contributed by atoms with van der Waals surface area (Å²) in [4.78, 5) is 10.4. The summed E-state index contributed by atoms with van der Waals surface area (Å²) < 4.78 is 14.4. The van der Waals surface area contributed by atoms with Crippen molar-refractivity contribution in [2.75, 3.05) is 13.2 Å². The molecule has 0 bridgehead atoms. The van der Waals surface area contributed by atoms with Crippen molar-refractivity contribution in [1.29, 1.82) is 0 Å². The fraction of sp³-hybridized carbons (Fsp3) is 0.265. The number of benzene rings is 3. The summed E-state index contributed by atoms with van der Waals surface area (Å²) in [6.07, 6.45) is 3.33. The van der Waals surface area contributed by atoms with Gasteiger partial charge in [0.2, 0.25) is 6.29 Å². The van der Waals surface area contributed by atoms with Gasteiger partial charge in [-0.1, -0.05) is 86.1 Å². The average molecular weight is 572 g/mol. The molecular formula is C34H33N7O2. The van der Waals surface area contributed by atoms with Crippen LogP contribution in [-0.4, -0.2) is 48.4 Å². The summed E-state index contributed by atoms with van der Waals surface area (Å²) in [5.41, 5.74) is 8.73. The molecule has 0 amide bonds. The zero-order valence-electron chi connectivity index (χ0n) is 24.1. The van der Waals surface area contributed by atoms with Gasteiger partial charge in [0.05, 0.1) is 19.8 Å². The van der Waals surface area contributed by atoms with Crippen LogP contribution >= 0.6 is 0 Å². The Hall–Kier alpha value is -4.73. The molecule has 4 heterocycles. The number of aromatic nitrogens is 7. The Kier molecular flexibility index (Phi) is 7.73. The van der Waals surface area contributed by atoms with Gasteiger partial charge in [-0.2, -0.15) is 0 Å². The van der Waals surface area contributed by atoms with Crippen LogP contribution in [0.4, 0.5) is 0 Å². The SMILES string of the molecule is CCCCc1nc2cc(-c3ccccc3)c(C3OCCCO3)nc2n1Cc1ccc(-c2ccccc2)c(-c2nnn[nH]2)c1. The number of nitrogens with zero attached hydrogens (tertiary/aromatic N) is 6. The molecule has 0 unspecified atom stereocenters. The summed E-state index contributed by atoms with van der Waals surface area (Å²) in [6, 6.07) is 29.2. The minimum Gasteiger partial charge on any atom is -0.347 e. The molecule has 7 rings (SSSR count). The maximum absolute atomic E-state index is 6.08. The summed E-state index contributed by atoms with van der Waals surface area (Å²) >= 11 is 0. The molecule has 0 saturated carbocycles. The zero-order chi connectivity index (χ0) is 29.0. The van der Waals surface area contributed by atoms with Crippen molar-refractivity contribution >= 4 is 11.2 Å². The van der Waals surface area contributed by atoms with Gasteiger partial charge in [0, 0.05) is 17.5 Å². The topological polar surface area (TPSA) is 104 Å². The Morgan fingerprint density at radius 2 is 1.58 bits per heavy atom. The summed E-state index contributed by atoms with van der Waals surface area (Å²) in [7, 11) is 0. The minimum atomic E-state index is -0.522. The second-order valence-electron chi connectivity index (χ2n) is 10.8.